The fourth-order valence-corrected chi connectivity index (χ4v) is 10.1. The van der Waals surface area contributed by atoms with Gasteiger partial charge in [0.15, 0.2) is 0 Å². The van der Waals surface area contributed by atoms with Gasteiger partial charge in [-0.3, -0.25) is 9.59 Å². The molecule has 0 fully saturated rings. The first kappa shape index (κ1) is 71.1. The van der Waals surface area contributed by atoms with Crippen LogP contribution in [0.25, 0.3) is 0 Å². The Morgan fingerprint density at radius 3 is 1.05 bits per heavy atom. The maximum Gasteiger partial charge on any atom is 0.305 e. The van der Waals surface area contributed by atoms with E-state index in [0.717, 1.165) is 51.4 Å². The third kappa shape index (κ3) is 59.2. The van der Waals surface area contributed by atoms with Gasteiger partial charge in [0.2, 0.25) is 5.91 Å². The van der Waals surface area contributed by atoms with Crippen LogP contribution in [0.4, 0.5) is 0 Å². The molecule has 0 aromatic heterocycles. The van der Waals surface area contributed by atoms with Crippen LogP contribution >= 0.6 is 0 Å². The maximum absolute atomic E-state index is 12.4. The Morgan fingerprint density at radius 2 is 0.685 bits per heavy atom. The van der Waals surface area contributed by atoms with E-state index in [9.17, 15) is 19.8 Å². The lowest BCUT2D eigenvalue weighted by molar-refractivity contribution is -0.143. The second-order valence-corrected chi connectivity index (χ2v) is 22.5. The van der Waals surface area contributed by atoms with Gasteiger partial charge in [-0.15, -0.1) is 0 Å². The lowest BCUT2D eigenvalue weighted by Crippen LogP contribution is -2.45. The van der Waals surface area contributed by atoms with Gasteiger partial charge in [0.25, 0.3) is 0 Å². The van der Waals surface area contributed by atoms with Crippen molar-refractivity contribution in [3.05, 3.63) is 36.5 Å². The fraction of sp³-hybridized carbons (Fsp3) is 0.881. The van der Waals surface area contributed by atoms with Crippen molar-refractivity contribution in [3.63, 3.8) is 0 Å². The number of ether oxygens (including phenoxy) is 1. The number of amides is 1. The summed E-state index contributed by atoms with van der Waals surface area (Å²) < 4.78 is 5.49. The van der Waals surface area contributed by atoms with Crippen LogP contribution in [0.15, 0.2) is 36.5 Å². The number of aliphatic hydroxyl groups is 2. The minimum atomic E-state index is -0.841. The van der Waals surface area contributed by atoms with Crippen LogP contribution in [0.5, 0.6) is 0 Å². The summed E-state index contributed by atoms with van der Waals surface area (Å²) in [5.74, 6) is -0.0597. The molecule has 6 nitrogen and oxygen atoms in total. The highest BCUT2D eigenvalue weighted by Gasteiger charge is 2.18. The van der Waals surface area contributed by atoms with Gasteiger partial charge in [-0.05, 0) is 64.2 Å². The number of esters is 1. The first-order valence-corrected chi connectivity index (χ1v) is 32.8. The third-order valence-corrected chi connectivity index (χ3v) is 15.2. The lowest BCUT2D eigenvalue weighted by atomic mass is 10.0. The minimum Gasteiger partial charge on any atom is -0.466 e. The summed E-state index contributed by atoms with van der Waals surface area (Å²) in [4.78, 5) is 24.5. The predicted molar refractivity (Wildman–Crippen MR) is 319 cm³/mol. The van der Waals surface area contributed by atoms with Gasteiger partial charge in [0, 0.05) is 12.8 Å². The Hall–Kier alpha value is -1.92. The molecule has 0 saturated heterocycles. The van der Waals surface area contributed by atoms with Crippen LogP contribution in [0.2, 0.25) is 0 Å². The van der Waals surface area contributed by atoms with E-state index in [1.54, 1.807) is 6.08 Å². The van der Waals surface area contributed by atoms with E-state index in [1.165, 1.54) is 276 Å². The number of carbonyl (C=O) groups excluding carboxylic acids is 2. The van der Waals surface area contributed by atoms with Crippen LogP contribution in [0, 0.1) is 0 Å². The van der Waals surface area contributed by atoms with Gasteiger partial charge >= 0.3 is 5.97 Å². The topological polar surface area (TPSA) is 95.9 Å². The van der Waals surface area contributed by atoms with Crippen LogP contribution in [-0.2, 0) is 14.3 Å². The van der Waals surface area contributed by atoms with E-state index in [2.05, 4.69) is 43.5 Å². The normalized spacial score (nSPS) is 12.8. The minimum absolute atomic E-state index is 0.00500. The van der Waals surface area contributed by atoms with Crippen molar-refractivity contribution in [1.29, 1.82) is 0 Å². The average molecular weight is 1030 g/mol. The molecule has 0 radical (unpaired) electrons. The molecule has 0 aliphatic heterocycles. The predicted octanol–water partition coefficient (Wildman–Crippen LogP) is 20.8. The molecular weight excluding hydrogens is 899 g/mol. The second kappa shape index (κ2) is 62.6. The van der Waals surface area contributed by atoms with Gasteiger partial charge in [-0.2, -0.15) is 0 Å². The summed E-state index contributed by atoms with van der Waals surface area (Å²) in [6.07, 6.45) is 79.2. The molecule has 2 unspecified atom stereocenters. The first-order valence-electron chi connectivity index (χ1n) is 32.8. The van der Waals surface area contributed by atoms with Crippen molar-refractivity contribution >= 4 is 11.9 Å². The van der Waals surface area contributed by atoms with Crippen molar-refractivity contribution in [2.45, 2.75) is 366 Å². The summed E-state index contributed by atoms with van der Waals surface area (Å²) in [5, 5.41) is 23.1. The zero-order valence-electron chi connectivity index (χ0n) is 49.1. The number of carbonyl (C=O) groups is 2. The molecule has 0 aromatic rings. The number of rotatable bonds is 61. The van der Waals surface area contributed by atoms with E-state index in [4.69, 9.17) is 4.74 Å². The van der Waals surface area contributed by atoms with Crippen LogP contribution in [-0.4, -0.2) is 47.4 Å². The molecule has 0 saturated carbocycles. The SMILES string of the molecule is CCCCCC/C=C\C/C=C\CCCCCCCC(=O)OCCCCCCCCCCCCCCCCCCCCCCCCCCCCCCC(=O)NC(CO)C(O)/C=C/CCCCCCCCCCCC. The van der Waals surface area contributed by atoms with Crippen molar-refractivity contribution < 1.29 is 24.5 Å². The summed E-state index contributed by atoms with van der Waals surface area (Å²) in [6.45, 7) is 4.89. The molecule has 0 bridgehead atoms. The van der Waals surface area contributed by atoms with Gasteiger partial charge in [-0.1, -0.05) is 314 Å². The van der Waals surface area contributed by atoms with Gasteiger partial charge in [0.05, 0.1) is 25.4 Å². The number of hydrogen-bond donors (Lipinski definition) is 3. The first-order chi connectivity index (χ1) is 36.0. The monoisotopic (exact) mass is 1030 g/mol. The molecule has 430 valence electrons. The molecule has 3 N–H and O–H groups in total. The molecule has 1 amide bonds. The van der Waals surface area contributed by atoms with Crippen molar-refractivity contribution in [1.82, 2.24) is 5.32 Å². The Morgan fingerprint density at radius 1 is 0.384 bits per heavy atom. The second-order valence-electron chi connectivity index (χ2n) is 22.5. The molecule has 0 rings (SSSR count). The molecule has 73 heavy (non-hydrogen) atoms. The number of aliphatic hydroxyl groups excluding tert-OH is 2. The Bertz CT molecular complexity index is 1180. The van der Waals surface area contributed by atoms with E-state index in [0.29, 0.717) is 19.4 Å². The molecule has 0 spiro atoms. The number of hydrogen-bond acceptors (Lipinski definition) is 5. The van der Waals surface area contributed by atoms with Crippen molar-refractivity contribution in [3.8, 4) is 0 Å². The molecule has 0 aliphatic carbocycles. The zero-order chi connectivity index (χ0) is 52.9. The number of nitrogens with one attached hydrogen (secondary N) is 1. The smallest absolute Gasteiger partial charge is 0.305 e. The molecule has 0 heterocycles. The lowest BCUT2D eigenvalue weighted by Gasteiger charge is -2.20. The number of allylic oxidation sites excluding steroid dienone is 5. The average Bonchev–Trinajstić information content (AvgIpc) is 3.39. The van der Waals surface area contributed by atoms with Crippen molar-refractivity contribution in [2.75, 3.05) is 13.2 Å². The highest BCUT2D eigenvalue weighted by atomic mass is 16.5. The summed E-state index contributed by atoms with van der Waals surface area (Å²) in [6, 6.07) is -0.624. The fourth-order valence-electron chi connectivity index (χ4n) is 10.1. The van der Waals surface area contributed by atoms with E-state index in [-0.39, 0.29) is 18.5 Å². The highest BCUT2D eigenvalue weighted by Crippen LogP contribution is 2.18. The highest BCUT2D eigenvalue weighted by molar-refractivity contribution is 5.76. The van der Waals surface area contributed by atoms with Crippen molar-refractivity contribution in [2.24, 2.45) is 0 Å². The van der Waals surface area contributed by atoms with Crippen LogP contribution < -0.4 is 5.32 Å². The molecule has 2 atom stereocenters. The zero-order valence-corrected chi connectivity index (χ0v) is 49.1. The van der Waals surface area contributed by atoms with Crippen LogP contribution in [0.1, 0.15) is 354 Å². The van der Waals surface area contributed by atoms with Gasteiger partial charge in [0.1, 0.15) is 0 Å². The van der Waals surface area contributed by atoms with E-state index in [1.807, 2.05) is 6.08 Å². The quantitative estimate of drug-likeness (QED) is 0.0320. The molecule has 0 aliphatic rings. The Balaban J connectivity index is 3.34. The maximum atomic E-state index is 12.4. The third-order valence-electron chi connectivity index (χ3n) is 15.2. The summed E-state index contributed by atoms with van der Waals surface area (Å²) in [7, 11) is 0. The Labute approximate surface area is 455 Å². The molecule has 6 heteroatoms. The van der Waals surface area contributed by atoms with E-state index < -0.39 is 12.1 Å². The van der Waals surface area contributed by atoms with Gasteiger partial charge < -0.3 is 20.3 Å². The van der Waals surface area contributed by atoms with E-state index >= 15 is 0 Å². The van der Waals surface area contributed by atoms with Crippen LogP contribution in [0.3, 0.4) is 0 Å². The number of unbranched alkanes of at least 4 members (excludes halogenated alkanes) is 46. The largest absolute Gasteiger partial charge is 0.466 e. The molecular formula is C67H127NO5. The summed E-state index contributed by atoms with van der Waals surface area (Å²) >= 11 is 0. The Kier molecular flexibility index (Phi) is 61.0. The van der Waals surface area contributed by atoms with Gasteiger partial charge in [-0.25, -0.2) is 0 Å². The standard InChI is InChI=1S/C67H127NO5/c1-3-5-7-9-11-13-15-17-18-34-37-41-45-49-53-57-61-67(72)73-62-58-54-50-46-42-38-35-32-30-28-26-24-22-20-19-21-23-25-27-29-31-33-36-40-44-48-52-56-60-66(71)68-64(63-69)65(70)59-55-51-47-43-39-16-14-12-10-8-6-4-2/h13,15,18,34,55,59,64-65,69-70H,3-12,14,16-17,19-33,35-54,56-58,60-63H2,1-2H3,(H,68,71)/b15-13-,34-18-,59-55+. The molecule has 0 aromatic carbocycles. The summed E-state index contributed by atoms with van der Waals surface area (Å²) in [5.41, 5.74) is 0.